The molecule has 5 nitrogen and oxygen atoms in total. The summed E-state index contributed by atoms with van der Waals surface area (Å²) in [5.41, 5.74) is 0.886. The molecule has 0 amide bonds. The van der Waals surface area contributed by atoms with E-state index in [0.717, 1.165) is 0 Å². The summed E-state index contributed by atoms with van der Waals surface area (Å²) in [6.45, 7) is 3.24. The molecule has 0 unspecified atom stereocenters. The molecule has 0 saturated heterocycles. The maximum absolute atomic E-state index is 13.4. The van der Waals surface area contributed by atoms with Gasteiger partial charge in [-0.1, -0.05) is 10.3 Å². The molecule has 0 radical (unpaired) electrons. The van der Waals surface area contributed by atoms with Crippen LogP contribution >= 0.6 is 0 Å². The zero-order valence-electron chi connectivity index (χ0n) is 8.19. The minimum Gasteiger partial charge on any atom is -0.364 e. The maximum atomic E-state index is 13.4. The van der Waals surface area contributed by atoms with Crippen LogP contribution in [0, 0.1) is 0 Å². The standard InChI is InChI=1S/C9H8FN3O2/c1-5(2)7(10)9-11-8(13-15-9)6-3-4-14-12-6/h3-4H,1-2H3. The predicted octanol–water partition coefficient (Wildman–Crippen LogP) is 2.45. The summed E-state index contributed by atoms with van der Waals surface area (Å²) in [7, 11) is 0. The summed E-state index contributed by atoms with van der Waals surface area (Å²) in [6, 6.07) is 1.56. The Morgan fingerprint density at radius 3 is 2.73 bits per heavy atom. The van der Waals surface area contributed by atoms with E-state index in [4.69, 9.17) is 4.52 Å². The van der Waals surface area contributed by atoms with Gasteiger partial charge in [-0.25, -0.2) is 4.39 Å². The summed E-state index contributed by atoms with van der Waals surface area (Å²) in [4.78, 5) is 3.84. The molecular weight excluding hydrogens is 201 g/mol. The second kappa shape index (κ2) is 3.64. The number of aromatic nitrogens is 3. The molecule has 2 aromatic heterocycles. The Hall–Kier alpha value is -1.98. The van der Waals surface area contributed by atoms with Crippen molar-refractivity contribution < 1.29 is 13.4 Å². The van der Waals surface area contributed by atoms with Crippen LogP contribution in [-0.4, -0.2) is 15.3 Å². The molecule has 15 heavy (non-hydrogen) atoms. The fourth-order valence-corrected chi connectivity index (χ4v) is 0.958. The molecule has 2 heterocycles. The summed E-state index contributed by atoms with van der Waals surface area (Å²) in [5, 5.41) is 7.18. The third kappa shape index (κ3) is 1.78. The molecule has 6 heteroatoms. The molecule has 0 spiro atoms. The van der Waals surface area contributed by atoms with E-state index in [1.54, 1.807) is 19.9 Å². The van der Waals surface area contributed by atoms with Crippen LogP contribution in [0.2, 0.25) is 0 Å². The molecule has 0 atom stereocenters. The molecule has 0 fully saturated rings. The van der Waals surface area contributed by atoms with E-state index in [2.05, 4.69) is 19.8 Å². The van der Waals surface area contributed by atoms with Crippen LogP contribution in [-0.2, 0) is 0 Å². The molecule has 0 aromatic carbocycles. The van der Waals surface area contributed by atoms with Crippen molar-refractivity contribution in [2.75, 3.05) is 0 Å². The lowest BCUT2D eigenvalue weighted by Crippen LogP contribution is -1.82. The van der Waals surface area contributed by atoms with Gasteiger partial charge in [-0.2, -0.15) is 4.98 Å². The van der Waals surface area contributed by atoms with E-state index in [9.17, 15) is 4.39 Å². The summed E-state index contributed by atoms with van der Waals surface area (Å²) in [6.07, 6.45) is 1.38. The zero-order chi connectivity index (χ0) is 10.8. The Balaban J connectivity index is 2.37. The zero-order valence-corrected chi connectivity index (χ0v) is 8.19. The Morgan fingerprint density at radius 1 is 1.33 bits per heavy atom. The van der Waals surface area contributed by atoms with Gasteiger partial charge in [-0.15, -0.1) is 0 Å². The molecular formula is C9H8FN3O2. The quantitative estimate of drug-likeness (QED) is 0.759. The van der Waals surface area contributed by atoms with E-state index in [1.807, 2.05) is 0 Å². The summed E-state index contributed by atoms with van der Waals surface area (Å²) >= 11 is 0. The number of allylic oxidation sites excluding steroid dienone is 1. The Bertz CT molecular complexity index is 483. The van der Waals surface area contributed by atoms with Crippen molar-refractivity contribution in [2.24, 2.45) is 0 Å². The minimum absolute atomic E-state index is 0.145. The van der Waals surface area contributed by atoms with Gasteiger partial charge < -0.3 is 9.05 Å². The Kier molecular flexibility index (Phi) is 2.32. The van der Waals surface area contributed by atoms with Crippen LogP contribution in [0.3, 0.4) is 0 Å². The number of hydrogen-bond acceptors (Lipinski definition) is 5. The normalized spacial score (nSPS) is 10.3. The third-order valence-corrected chi connectivity index (χ3v) is 1.72. The van der Waals surface area contributed by atoms with Gasteiger partial charge in [0.25, 0.3) is 5.89 Å². The van der Waals surface area contributed by atoms with Crippen LogP contribution in [0.15, 0.2) is 26.9 Å². The molecule has 2 rings (SSSR count). The lowest BCUT2D eigenvalue weighted by atomic mass is 10.3. The highest BCUT2D eigenvalue weighted by atomic mass is 19.1. The summed E-state index contributed by atoms with van der Waals surface area (Å²) < 4.78 is 22.7. The van der Waals surface area contributed by atoms with E-state index in [0.29, 0.717) is 11.3 Å². The Morgan fingerprint density at radius 2 is 2.13 bits per heavy atom. The number of hydrogen-bond donors (Lipinski definition) is 0. The largest absolute Gasteiger partial charge is 0.364 e. The average molecular weight is 209 g/mol. The predicted molar refractivity (Wildman–Crippen MR) is 49.2 cm³/mol. The van der Waals surface area contributed by atoms with E-state index < -0.39 is 5.83 Å². The van der Waals surface area contributed by atoms with Crippen molar-refractivity contribution in [3.63, 3.8) is 0 Å². The molecule has 0 aliphatic carbocycles. The topological polar surface area (TPSA) is 65.0 Å². The first-order valence-electron chi connectivity index (χ1n) is 4.26. The van der Waals surface area contributed by atoms with Gasteiger partial charge in [0.2, 0.25) is 5.82 Å². The minimum atomic E-state index is -0.516. The van der Waals surface area contributed by atoms with Gasteiger partial charge in [-0.3, -0.25) is 0 Å². The van der Waals surface area contributed by atoms with E-state index in [-0.39, 0.29) is 11.7 Å². The Labute approximate surface area is 84.6 Å². The monoisotopic (exact) mass is 209 g/mol. The lowest BCUT2D eigenvalue weighted by molar-refractivity contribution is 0.395. The first-order chi connectivity index (χ1) is 7.18. The van der Waals surface area contributed by atoms with Gasteiger partial charge in [-0.05, 0) is 19.4 Å². The van der Waals surface area contributed by atoms with Crippen LogP contribution in [0.1, 0.15) is 19.7 Å². The van der Waals surface area contributed by atoms with Crippen molar-refractivity contribution in [3.05, 3.63) is 23.8 Å². The highest BCUT2D eigenvalue weighted by molar-refractivity contribution is 5.56. The molecule has 0 N–H and O–H groups in total. The number of nitrogens with zero attached hydrogens (tertiary/aromatic N) is 3. The van der Waals surface area contributed by atoms with Crippen LogP contribution < -0.4 is 0 Å². The maximum Gasteiger partial charge on any atom is 0.286 e. The molecule has 0 bridgehead atoms. The molecule has 0 aliphatic rings. The van der Waals surface area contributed by atoms with Gasteiger partial charge in [0.05, 0.1) is 0 Å². The smallest absolute Gasteiger partial charge is 0.286 e. The van der Waals surface area contributed by atoms with Crippen LogP contribution in [0.25, 0.3) is 17.3 Å². The molecule has 2 aromatic rings. The molecule has 0 aliphatic heterocycles. The first-order valence-corrected chi connectivity index (χ1v) is 4.26. The van der Waals surface area contributed by atoms with Gasteiger partial charge in [0, 0.05) is 6.07 Å². The fraction of sp³-hybridized carbons (Fsp3) is 0.222. The molecule has 78 valence electrons. The highest BCUT2D eigenvalue weighted by Gasteiger charge is 2.15. The lowest BCUT2D eigenvalue weighted by Gasteiger charge is -1.89. The van der Waals surface area contributed by atoms with Crippen molar-refractivity contribution >= 4 is 5.83 Å². The van der Waals surface area contributed by atoms with Crippen molar-refractivity contribution in [2.45, 2.75) is 13.8 Å². The SMILES string of the molecule is CC(C)=C(F)c1nc(-c2ccon2)no1. The number of halogens is 1. The third-order valence-electron chi connectivity index (χ3n) is 1.72. The fourth-order valence-electron chi connectivity index (χ4n) is 0.958. The van der Waals surface area contributed by atoms with E-state index in [1.165, 1.54) is 6.26 Å². The van der Waals surface area contributed by atoms with E-state index >= 15 is 0 Å². The van der Waals surface area contributed by atoms with Crippen molar-refractivity contribution in [1.29, 1.82) is 0 Å². The second-order valence-corrected chi connectivity index (χ2v) is 3.12. The van der Waals surface area contributed by atoms with Crippen LogP contribution in [0.4, 0.5) is 4.39 Å². The average Bonchev–Trinajstić information content (AvgIpc) is 2.86. The summed E-state index contributed by atoms with van der Waals surface area (Å²) in [5.74, 6) is -0.458. The van der Waals surface area contributed by atoms with Gasteiger partial charge in [0.1, 0.15) is 6.26 Å². The van der Waals surface area contributed by atoms with Crippen LogP contribution in [0.5, 0.6) is 0 Å². The second-order valence-electron chi connectivity index (χ2n) is 3.12. The van der Waals surface area contributed by atoms with Crippen molar-refractivity contribution in [3.8, 4) is 11.5 Å². The molecule has 0 saturated carbocycles. The first kappa shape index (κ1) is 9.57. The number of rotatable bonds is 2. The van der Waals surface area contributed by atoms with Gasteiger partial charge in [0.15, 0.2) is 11.5 Å². The van der Waals surface area contributed by atoms with Crippen molar-refractivity contribution in [1.82, 2.24) is 15.3 Å². The van der Waals surface area contributed by atoms with Gasteiger partial charge >= 0.3 is 0 Å². The highest BCUT2D eigenvalue weighted by Crippen LogP contribution is 2.21.